The third kappa shape index (κ3) is 3.19. The largest absolute Gasteiger partial charge is 0.491 e. The van der Waals surface area contributed by atoms with Gasteiger partial charge in [-0.25, -0.2) is 4.79 Å². The van der Waals surface area contributed by atoms with E-state index < -0.39 is 0 Å². The molecule has 0 radical (unpaired) electrons. The minimum atomic E-state index is -0.173. The van der Waals surface area contributed by atoms with Crippen LogP contribution in [0, 0.1) is 12.8 Å². The van der Waals surface area contributed by atoms with E-state index >= 15 is 0 Å². The van der Waals surface area contributed by atoms with E-state index in [0.29, 0.717) is 6.61 Å². The van der Waals surface area contributed by atoms with Crippen LogP contribution in [-0.4, -0.2) is 30.4 Å². The maximum Gasteiger partial charge on any atom is 0.315 e. The van der Waals surface area contributed by atoms with Gasteiger partial charge in [-0.1, -0.05) is 30.5 Å². The number of aryl methyl sites for hydroxylation is 1. The van der Waals surface area contributed by atoms with Crippen molar-refractivity contribution in [3.05, 3.63) is 29.3 Å². The van der Waals surface area contributed by atoms with Crippen molar-refractivity contribution in [3.8, 4) is 5.75 Å². The molecule has 1 saturated carbocycles. The first-order chi connectivity index (χ1) is 10.7. The number of nitrogens with one attached hydrogen (secondary N) is 2. The summed E-state index contributed by atoms with van der Waals surface area (Å²) >= 11 is 0. The van der Waals surface area contributed by atoms with E-state index in [1.54, 1.807) is 0 Å². The Bertz CT molecular complexity index is 547. The van der Waals surface area contributed by atoms with Gasteiger partial charge in [-0.15, -0.1) is 0 Å². The van der Waals surface area contributed by atoms with Crippen LogP contribution in [0.15, 0.2) is 18.2 Å². The van der Waals surface area contributed by atoms with E-state index in [1.807, 2.05) is 19.1 Å². The quantitative estimate of drug-likeness (QED) is 0.802. The second kappa shape index (κ2) is 6.57. The van der Waals surface area contributed by atoms with Gasteiger partial charge in [0.2, 0.25) is 0 Å². The van der Waals surface area contributed by atoms with Crippen LogP contribution in [0.2, 0.25) is 0 Å². The number of benzene rings is 1. The number of carbonyl (C=O) groups excluding carboxylic acids is 1. The van der Waals surface area contributed by atoms with Gasteiger partial charge in [0.1, 0.15) is 12.4 Å². The molecule has 0 aromatic heterocycles. The summed E-state index contributed by atoms with van der Waals surface area (Å²) in [5, 5.41) is 15.5. The standard InChI is InChI=1S/C17H24N2O3/c1-11-6-7-16-13(8-11)15(10-22-16)19-17(21)18-14-5-3-2-4-12(14)9-20/h6-8,12,14-15,20H,2-5,9-10H2,1H3,(H2,18,19,21). The van der Waals surface area contributed by atoms with Gasteiger partial charge in [0, 0.05) is 24.1 Å². The van der Waals surface area contributed by atoms with Crippen LogP contribution in [0.1, 0.15) is 42.9 Å². The molecule has 0 saturated heterocycles. The monoisotopic (exact) mass is 304 g/mol. The Balaban J connectivity index is 1.60. The van der Waals surface area contributed by atoms with Crippen LogP contribution in [0.25, 0.3) is 0 Å². The molecule has 3 rings (SSSR count). The summed E-state index contributed by atoms with van der Waals surface area (Å²) in [5.41, 5.74) is 2.20. The molecule has 1 aliphatic carbocycles. The van der Waals surface area contributed by atoms with E-state index in [4.69, 9.17) is 4.74 Å². The van der Waals surface area contributed by atoms with Crippen molar-refractivity contribution in [3.63, 3.8) is 0 Å². The number of carbonyl (C=O) groups is 1. The highest BCUT2D eigenvalue weighted by Crippen LogP contribution is 2.33. The van der Waals surface area contributed by atoms with E-state index in [1.165, 1.54) is 0 Å². The summed E-state index contributed by atoms with van der Waals surface area (Å²) in [6, 6.07) is 5.81. The van der Waals surface area contributed by atoms with Gasteiger partial charge >= 0.3 is 6.03 Å². The number of aliphatic hydroxyl groups excluding tert-OH is 1. The Morgan fingerprint density at radius 3 is 2.95 bits per heavy atom. The highest BCUT2D eigenvalue weighted by atomic mass is 16.5. The average Bonchev–Trinajstić information content (AvgIpc) is 2.90. The highest BCUT2D eigenvalue weighted by molar-refractivity contribution is 5.75. The predicted octanol–water partition coefficient (Wildman–Crippen LogP) is 2.28. The summed E-state index contributed by atoms with van der Waals surface area (Å²) < 4.78 is 5.62. The topological polar surface area (TPSA) is 70.6 Å². The van der Waals surface area contributed by atoms with Gasteiger partial charge in [-0.2, -0.15) is 0 Å². The molecule has 1 aliphatic heterocycles. The van der Waals surface area contributed by atoms with Crippen LogP contribution < -0.4 is 15.4 Å². The average molecular weight is 304 g/mol. The molecular formula is C17H24N2O3. The third-order valence-corrected chi connectivity index (χ3v) is 4.71. The number of aliphatic hydroxyl groups is 1. The van der Waals surface area contributed by atoms with Crippen molar-refractivity contribution in [1.82, 2.24) is 10.6 Å². The molecule has 120 valence electrons. The first-order valence-corrected chi connectivity index (χ1v) is 8.08. The highest BCUT2D eigenvalue weighted by Gasteiger charge is 2.29. The molecule has 1 aromatic rings. The van der Waals surface area contributed by atoms with Gasteiger partial charge < -0.3 is 20.5 Å². The lowest BCUT2D eigenvalue weighted by atomic mass is 9.85. The summed E-state index contributed by atoms with van der Waals surface area (Å²) in [5.74, 6) is 1.02. The molecule has 3 atom stereocenters. The van der Waals surface area contributed by atoms with Crippen LogP contribution in [0.5, 0.6) is 5.75 Å². The van der Waals surface area contributed by atoms with E-state index in [0.717, 1.165) is 42.6 Å². The van der Waals surface area contributed by atoms with Crippen LogP contribution in [0.4, 0.5) is 4.79 Å². The lowest BCUT2D eigenvalue weighted by Gasteiger charge is -2.31. The number of hydrogen-bond acceptors (Lipinski definition) is 3. The number of hydrogen-bond donors (Lipinski definition) is 3. The van der Waals surface area contributed by atoms with Gasteiger partial charge in [0.05, 0.1) is 6.04 Å². The molecule has 0 spiro atoms. The normalized spacial score (nSPS) is 26.9. The van der Waals surface area contributed by atoms with Crippen molar-refractivity contribution in [2.75, 3.05) is 13.2 Å². The van der Waals surface area contributed by atoms with E-state index in [-0.39, 0.29) is 30.6 Å². The summed E-state index contributed by atoms with van der Waals surface area (Å²) in [6.45, 7) is 2.64. The molecular weight excluding hydrogens is 280 g/mol. The lowest BCUT2D eigenvalue weighted by molar-refractivity contribution is 0.152. The second-order valence-corrected chi connectivity index (χ2v) is 6.36. The Hall–Kier alpha value is -1.75. The fourth-order valence-corrected chi connectivity index (χ4v) is 3.44. The SMILES string of the molecule is Cc1ccc2c(c1)C(NC(=O)NC1CCCCC1CO)CO2. The summed E-state index contributed by atoms with van der Waals surface area (Å²) in [7, 11) is 0. The predicted molar refractivity (Wildman–Crippen MR) is 83.9 cm³/mol. The molecule has 2 amide bonds. The number of urea groups is 1. The molecule has 1 aromatic carbocycles. The van der Waals surface area contributed by atoms with Gasteiger partial charge in [-0.3, -0.25) is 0 Å². The number of ether oxygens (including phenoxy) is 1. The van der Waals surface area contributed by atoms with Gasteiger partial charge in [0.15, 0.2) is 0 Å². The van der Waals surface area contributed by atoms with Gasteiger partial charge in [-0.05, 0) is 25.8 Å². The summed E-state index contributed by atoms with van der Waals surface area (Å²) in [6.07, 6.45) is 4.16. The first-order valence-electron chi connectivity index (χ1n) is 8.08. The molecule has 3 N–H and O–H groups in total. The van der Waals surface area contributed by atoms with Crippen molar-refractivity contribution >= 4 is 6.03 Å². The molecule has 0 bridgehead atoms. The molecule has 3 unspecified atom stereocenters. The molecule has 5 heteroatoms. The minimum absolute atomic E-state index is 0.0676. The van der Waals surface area contributed by atoms with Crippen LogP contribution in [0.3, 0.4) is 0 Å². The third-order valence-electron chi connectivity index (χ3n) is 4.71. The van der Waals surface area contributed by atoms with Crippen LogP contribution >= 0.6 is 0 Å². The maximum absolute atomic E-state index is 12.3. The van der Waals surface area contributed by atoms with Crippen molar-refractivity contribution in [2.24, 2.45) is 5.92 Å². The Morgan fingerprint density at radius 2 is 2.14 bits per heavy atom. The van der Waals surface area contributed by atoms with Gasteiger partial charge in [0.25, 0.3) is 0 Å². The van der Waals surface area contributed by atoms with Crippen LogP contribution in [-0.2, 0) is 0 Å². The van der Waals surface area contributed by atoms with E-state index in [9.17, 15) is 9.90 Å². The Kier molecular flexibility index (Phi) is 4.52. The Labute approximate surface area is 131 Å². The van der Waals surface area contributed by atoms with E-state index in [2.05, 4.69) is 16.7 Å². The number of rotatable bonds is 3. The fraction of sp³-hybridized carbons (Fsp3) is 0.588. The maximum atomic E-state index is 12.3. The lowest BCUT2D eigenvalue weighted by Crippen LogP contribution is -2.48. The molecule has 1 fully saturated rings. The minimum Gasteiger partial charge on any atom is -0.491 e. The smallest absolute Gasteiger partial charge is 0.315 e. The molecule has 1 heterocycles. The number of fused-ring (bicyclic) bond motifs is 1. The Morgan fingerprint density at radius 1 is 1.32 bits per heavy atom. The molecule has 5 nitrogen and oxygen atoms in total. The second-order valence-electron chi connectivity index (χ2n) is 6.36. The zero-order valence-electron chi connectivity index (χ0n) is 13.0. The fourth-order valence-electron chi connectivity index (χ4n) is 3.44. The molecule has 22 heavy (non-hydrogen) atoms. The zero-order chi connectivity index (χ0) is 15.5. The van der Waals surface area contributed by atoms with Crippen molar-refractivity contribution < 1.29 is 14.6 Å². The number of amides is 2. The first kappa shape index (κ1) is 15.2. The molecule has 2 aliphatic rings. The summed E-state index contributed by atoms with van der Waals surface area (Å²) in [4.78, 5) is 12.3. The van der Waals surface area contributed by atoms with Crippen molar-refractivity contribution in [2.45, 2.75) is 44.7 Å². The van der Waals surface area contributed by atoms with Crippen molar-refractivity contribution in [1.29, 1.82) is 0 Å². The zero-order valence-corrected chi connectivity index (χ0v) is 13.0.